The van der Waals surface area contributed by atoms with Crippen LogP contribution in [0.3, 0.4) is 0 Å². The molecule has 0 fully saturated rings. The van der Waals surface area contributed by atoms with Crippen LogP contribution in [-0.2, 0) is 10.0 Å². The summed E-state index contributed by atoms with van der Waals surface area (Å²) in [6.07, 6.45) is 4.17. The number of hydrogen-bond acceptors (Lipinski definition) is 6. The lowest BCUT2D eigenvalue weighted by molar-refractivity contribution is 0.476. The first-order valence-electron chi connectivity index (χ1n) is 5.64. The SMILES string of the molecule is CC(C)(CNc1ncnc2[nH]ncc12)NS(C)(=O)=O. The zero-order valence-electron chi connectivity index (χ0n) is 10.9. The topological polar surface area (TPSA) is 113 Å². The molecule has 3 N–H and O–H groups in total. The van der Waals surface area contributed by atoms with E-state index in [0.717, 1.165) is 11.6 Å². The minimum atomic E-state index is -3.26. The second-order valence-corrected chi connectivity index (χ2v) is 6.71. The van der Waals surface area contributed by atoms with Crippen LogP contribution in [0.2, 0.25) is 0 Å². The Kier molecular flexibility index (Phi) is 3.42. The fourth-order valence-electron chi connectivity index (χ4n) is 1.75. The van der Waals surface area contributed by atoms with Gasteiger partial charge < -0.3 is 5.32 Å². The largest absolute Gasteiger partial charge is 0.367 e. The molecule has 0 aliphatic heterocycles. The molecule has 0 saturated carbocycles. The van der Waals surface area contributed by atoms with Crippen molar-refractivity contribution in [1.82, 2.24) is 24.9 Å². The summed E-state index contributed by atoms with van der Waals surface area (Å²) in [5.41, 5.74) is 0.000541. The molecule has 2 heterocycles. The normalized spacial score (nSPS) is 12.8. The highest BCUT2D eigenvalue weighted by atomic mass is 32.2. The first-order chi connectivity index (χ1) is 8.77. The van der Waals surface area contributed by atoms with E-state index >= 15 is 0 Å². The molecule has 2 aromatic heterocycles. The molecule has 2 rings (SSSR count). The third-order valence-electron chi connectivity index (χ3n) is 2.41. The van der Waals surface area contributed by atoms with Gasteiger partial charge in [0, 0.05) is 12.1 Å². The van der Waals surface area contributed by atoms with E-state index in [-0.39, 0.29) is 0 Å². The highest BCUT2D eigenvalue weighted by Gasteiger charge is 2.22. The molecular weight excluding hydrogens is 268 g/mol. The highest BCUT2D eigenvalue weighted by Crippen LogP contribution is 2.17. The Morgan fingerprint density at radius 1 is 1.37 bits per heavy atom. The van der Waals surface area contributed by atoms with Crippen molar-refractivity contribution in [2.24, 2.45) is 0 Å². The van der Waals surface area contributed by atoms with Crippen molar-refractivity contribution in [2.75, 3.05) is 18.1 Å². The molecule has 0 radical (unpaired) electrons. The van der Waals surface area contributed by atoms with E-state index in [1.165, 1.54) is 6.33 Å². The minimum absolute atomic E-state index is 0.386. The first kappa shape index (κ1) is 13.7. The molecule has 0 atom stereocenters. The fourth-order valence-corrected chi connectivity index (χ4v) is 2.82. The number of anilines is 1. The first-order valence-corrected chi connectivity index (χ1v) is 7.53. The van der Waals surface area contributed by atoms with Crippen molar-refractivity contribution in [3.05, 3.63) is 12.5 Å². The monoisotopic (exact) mass is 284 g/mol. The van der Waals surface area contributed by atoms with Crippen LogP contribution in [0.15, 0.2) is 12.5 Å². The van der Waals surface area contributed by atoms with E-state index in [9.17, 15) is 8.42 Å². The van der Waals surface area contributed by atoms with Crippen LogP contribution in [0.4, 0.5) is 5.82 Å². The summed E-state index contributed by atoms with van der Waals surface area (Å²) in [5.74, 6) is 0.613. The van der Waals surface area contributed by atoms with E-state index < -0.39 is 15.6 Å². The van der Waals surface area contributed by atoms with Gasteiger partial charge in [-0.25, -0.2) is 23.1 Å². The standard InChI is InChI=1S/C10H16N6O2S/c1-10(2,16-19(3,17)18)5-11-8-7-4-14-15-9(7)13-6-12-8/h4,6,16H,5H2,1-3H3,(H2,11,12,13,14,15). The van der Waals surface area contributed by atoms with Gasteiger partial charge in [0.25, 0.3) is 0 Å². The van der Waals surface area contributed by atoms with Crippen LogP contribution in [0, 0.1) is 0 Å². The van der Waals surface area contributed by atoms with Crippen LogP contribution < -0.4 is 10.0 Å². The van der Waals surface area contributed by atoms with Crippen molar-refractivity contribution in [2.45, 2.75) is 19.4 Å². The molecule has 9 heteroatoms. The molecule has 19 heavy (non-hydrogen) atoms. The molecule has 0 aliphatic rings. The van der Waals surface area contributed by atoms with Gasteiger partial charge in [-0.1, -0.05) is 0 Å². The summed E-state index contributed by atoms with van der Waals surface area (Å²) >= 11 is 0. The van der Waals surface area contributed by atoms with E-state index in [1.54, 1.807) is 20.0 Å². The molecule has 0 amide bonds. The number of H-pyrrole nitrogens is 1. The quantitative estimate of drug-likeness (QED) is 0.717. The average molecular weight is 284 g/mol. The van der Waals surface area contributed by atoms with E-state index in [1.807, 2.05) is 0 Å². The van der Waals surface area contributed by atoms with Crippen LogP contribution >= 0.6 is 0 Å². The number of rotatable bonds is 5. The smallest absolute Gasteiger partial charge is 0.209 e. The molecule has 0 unspecified atom stereocenters. The highest BCUT2D eigenvalue weighted by molar-refractivity contribution is 7.88. The third-order valence-corrected chi connectivity index (χ3v) is 3.33. The van der Waals surface area contributed by atoms with Crippen LogP contribution in [-0.4, -0.2) is 46.9 Å². The average Bonchev–Trinajstić information content (AvgIpc) is 2.71. The van der Waals surface area contributed by atoms with E-state index in [0.29, 0.717) is 18.0 Å². The number of aromatic amines is 1. The summed E-state index contributed by atoms with van der Waals surface area (Å²) in [7, 11) is -3.26. The van der Waals surface area contributed by atoms with Gasteiger partial charge in [0.2, 0.25) is 10.0 Å². The van der Waals surface area contributed by atoms with Gasteiger partial charge in [-0.3, -0.25) is 5.10 Å². The van der Waals surface area contributed by atoms with Crippen molar-refractivity contribution in [1.29, 1.82) is 0 Å². The molecule has 0 spiro atoms. The van der Waals surface area contributed by atoms with Gasteiger partial charge in [-0.05, 0) is 13.8 Å². The molecule has 2 aromatic rings. The van der Waals surface area contributed by atoms with Gasteiger partial charge in [0.1, 0.15) is 12.1 Å². The van der Waals surface area contributed by atoms with Crippen molar-refractivity contribution >= 4 is 26.9 Å². The van der Waals surface area contributed by atoms with Crippen LogP contribution in [0.1, 0.15) is 13.8 Å². The zero-order chi connectivity index (χ0) is 14.1. The number of nitrogens with zero attached hydrogens (tertiary/aromatic N) is 3. The predicted octanol–water partition coefficient (Wildman–Crippen LogP) is 0.0926. The van der Waals surface area contributed by atoms with Crippen molar-refractivity contribution < 1.29 is 8.42 Å². The van der Waals surface area contributed by atoms with Crippen LogP contribution in [0.25, 0.3) is 11.0 Å². The number of nitrogens with one attached hydrogen (secondary N) is 3. The van der Waals surface area contributed by atoms with Gasteiger partial charge in [0.05, 0.1) is 17.8 Å². The minimum Gasteiger partial charge on any atom is -0.367 e. The molecule has 104 valence electrons. The Balaban J connectivity index is 2.12. The zero-order valence-corrected chi connectivity index (χ0v) is 11.7. The Labute approximate surface area is 111 Å². The van der Waals surface area contributed by atoms with Crippen LogP contribution in [0.5, 0.6) is 0 Å². The summed E-state index contributed by atoms with van der Waals surface area (Å²) in [5, 5.41) is 10.5. The second-order valence-electron chi connectivity index (χ2n) is 4.97. The summed E-state index contributed by atoms with van der Waals surface area (Å²) < 4.78 is 25.0. The maximum absolute atomic E-state index is 11.2. The summed E-state index contributed by atoms with van der Waals surface area (Å²) in [6.45, 7) is 3.96. The van der Waals surface area contributed by atoms with Gasteiger partial charge in [0.15, 0.2) is 5.65 Å². The van der Waals surface area contributed by atoms with Crippen molar-refractivity contribution in [3.8, 4) is 0 Å². The third kappa shape index (κ3) is 3.61. The Hall–Kier alpha value is -1.74. The number of aromatic nitrogens is 4. The fraction of sp³-hybridized carbons (Fsp3) is 0.500. The molecule has 0 aromatic carbocycles. The summed E-state index contributed by atoms with van der Waals surface area (Å²) in [6, 6.07) is 0. The number of fused-ring (bicyclic) bond motifs is 1. The molecule has 0 saturated heterocycles. The Bertz CT molecular complexity index is 678. The van der Waals surface area contributed by atoms with E-state index in [2.05, 4.69) is 30.2 Å². The number of hydrogen-bond donors (Lipinski definition) is 3. The molecule has 0 aliphatic carbocycles. The van der Waals surface area contributed by atoms with Gasteiger partial charge in [-0.2, -0.15) is 5.10 Å². The molecular formula is C10H16N6O2S. The van der Waals surface area contributed by atoms with Crippen molar-refractivity contribution in [3.63, 3.8) is 0 Å². The molecule has 8 nitrogen and oxygen atoms in total. The molecule has 0 bridgehead atoms. The Morgan fingerprint density at radius 3 is 2.79 bits per heavy atom. The lowest BCUT2D eigenvalue weighted by Crippen LogP contribution is -2.47. The lowest BCUT2D eigenvalue weighted by atomic mass is 10.1. The lowest BCUT2D eigenvalue weighted by Gasteiger charge is -2.25. The maximum atomic E-state index is 11.2. The number of sulfonamides is 1. The second kappa shape index (κ2) is 4.74. The Morgan fingerprint density at radius 2 is 2.11 bits per heavy atom. The maximum Gasteiger partial charge on any atom is 0.209 e. The van der Waals surface area contributed by atoms with Gasteiger partial charge >= 0.3 is 0 Å². The predicted molar refractivity (Wildman–Crippen MR) is 72.2 cm³/mol. The van der Waals surface area contributed by atoms with E-state index in [4.69, 9.17) is 0 Å². The summed E-state index contributed by atoms with van der Waals surface area (Å²) in [4.78, 5) is 8.14. The van der Waals surface area contributed by atoms with Gasteiger partial charge in [-0.15, -0.1) is 0 Å².